The predicted molar refractivity (Wildman–Crippen MR) is 108 cm³/mol. The van der Waals surface area contributed by atoms with Crippen LogP contribution in [-0.4, -0.2) is 16.8 Å². The monoisotopic (exact) mass is 436 g/mol. The molecule has 0 saturated carbocycles. The summed E-state index contributed by atoms with van der Waals surface area (Å²) in [5.41, 5.74) is 1.58. The third-order valence-corrected chi connectivity index (χ3v) is 5.29. The first-order chi connectivity index (χ1) is 14.2. The Labute approximate surface area is 175 Å². The first-order valence-electron chi connectivity index (χ1n) is 9.00. The number of thioether (sulfide) groups is 1. The molecule has 30 heavy (non-hydrogen) atoms. The van der Waals surface area contributed by atoms with Crippen molar-refractivity contribution in [2.75, 3.05) is 5.75 Å². The van der Waals surface area contributed by atoms with Crippen molar-refractivity contribution >= 4 is 17.7 Å². The molecule has 0 saturated heterocycles. The van der Waals surface area contributed by atoms with E-state index >= 15 is 0 Å². The zero-order valence-electron chi connectivity index (χ0n) is 16.0. The van der Waals surface area contributed by atoms with Crippen molar-refractivity contribution in [1.29, 1.82) is 0 Å². The number of benzene rings is 2. The first kappa shape index (κ1) is 21.8. The van der Waals surface area contributed by atoms with Gasteiger partial charge in [0.05, 0.1) is 11.3 Å². The lowest BCUT2D eigenvalue weighted by Crippen LogP contribution is -2.03. The van der Waals surface area contributed by atoms with Crippen molar-refractivity contribution in [3.63, 3.8) is 0 Å². The van der Waals surface area contributed by atoms with E-state index in [-0.39, 0.29) is 12.4 Å². The number of rotatable bonds is 8. The lowest BCUT2D eigenvalue weighted by molar-refractivity contribution is -0.137. The minimum Gasteiger partial charge on any atom is -0.489 e. The van der Waals surface area contributed by atoms with Crippen LogP contribution in [0.2, 0.25) is 0 Å². The third-order valence-electron chi connectivity index (χ3n) is 4.30. The van der Waals surface area contributed by atoms with E-state index in [2.05, 4.69) is 0 Å². The average Bonchev–Trinajstić information content (AvgIpc) is 3.06. The molecule has 0 aliphatic carbocycles. The maximum atomic E-state index is 12.7. The van der Waals surface area contributed by atoms with Gasteiger partial charge in [0, 0.05) is 16.9 Å². The van der Waals surface area contributed by atoms with E-state index in [4.69, 9.17) is 14.3 Å². The molecule has 158 valence electrons. The minimum atomic E-state index is -4.38. The summed E-state index contributed by atoms with van der Waals surface area (Å²) in [5, 5.41) is 8.71. The van der Waals surface area contributed by atoms with Gasteiger partial charge in [-0.3, -0.25) is 4.79 Å². The highest BCUT2D eigenvalue weighted by Crippen LogP contribution is 2.32. The van der Waals surface area contributed by atoms with Crippen LogP contribution in [0.3, 0.4) is 0 Å². The fraction of sp³-hybridized carbons (Fsp3) is 0.227. The summed E-state index contributed by atoms with van der Waals surface area (Å²) in [6, 6.07) is 13.9. The Morgan fingerprint density at radius 2 is 1.87 bits per heavy atom. The highest BCUT2D eigenvalue weighted by Gasteiger charge is 2.30. The second kappa shape index (κ2) is 9.30. The summed E-state index contributed by atoms with van der Waals surface area (Å²) < 4.78 is 49.7. The molecule has 0 spiro atoms. The number of hydrogen-bond acceptors (Lipinski definition) is 4. The van der Waals surface area contributed by atoms with E-state index in [1.54, 1.807) is 19.1 Å². The quantitative estimate of drug-likeness (QED) is 0.458. The Kier molecular flexibility index (Phi) is 6.77. The molecule has 3 aromatic rings. The second-order valence-corrected chi connectivity index (χ2v) is 7.58. The van der Waals surface area contributed by atoms with Gasteiger partial charge in [-0.1, -0.05) is 24.3 Å². The second-order valence-electron chi connectivity index (χ2n) is 6.59. The van der Waals surface area contributed by atoms with Crippen molar-refractivity contribution in [3.05, 3.63) is 77.0 Å². The number of halogens is 3. The van der Waals surface area contributed by atoms with E-state index in [1.807, 2.05) is 18.2 Å². The number of furan rings is 1. The Hall–Kier alpha value is -2.87. The van der Waals surface area contributed by atoms with E-state index in [0.29, 0.717) is 28.6 Å². The minimum absolute atomic E-state index is 0.0338. The van der Waals surface area contributed by atoms with Gasteiger partial charge in [-0.25, -0.2) is 0 Å². The number of ether oxygens (including phenoxy) is 1. The molecule has 0 amide bonds. The number of carbonyl (C=O) groups is 1. The van der Waals surface area contributed by atoms with Gasteiger partial charge in [-0.15, -0.1) is 11.8 Å². The van der Waals surface area contributed by atoms with Gasteiger partial charge in [0.25, 0.3) is 0 Å². The molecule has 0 fully saturated rings. The summed E-state index contributed by atoms with van der Waals surface area (Å²) in [5.74, 6) is 1.47. The smallest absolute Gasteiger partial charge is 0.416 e. The van der Waals surface area contributed by atoms with Gasteiger partial charge in [-0.2, -0.15) is 13.2 Å². The lowest BCUT2D eigenvalue weighted by atomic mass is 10.1. The normalized spacial score (nSPS) is 11.5. The van der Waals surface area contributed by atoms with E-state index in [0.717, 1.165) is 23.3 Å². The number of aliphatic carboxylic acids is 1. The molecule has 0 aliphatic heterocycles. The fourth-order valence-electron chi connectivity index (χ4n) is 2.77. The highest BCUT2D eigenvalue weighted by molar-refractivity contribution is 7.99. The van der Waals surface area contributed by atoms with Gasteiger partial charge in [0.2, 0.25) is 0 Å². The van der Waals surface area contributed by atoms with Crippen molar-refractivity contribution in [1.82, 2.24) is 0 Å². The van der Waals surface area contributed by atoms with E-state index in [1.165, 1.54) is 23.9 Å². The van der Waals surface area contributed by atoms with Crippen molar-refractivity contribution in [2.45, 2.75) is 25.5 Å². The number of hydrogen-bond donors (Lipinski definition) is 1. The van der Waals surface area contributed by atoms with Crippen LogP contribution in [-0.2, 0) is 23.3 Å². The molecular weight excluding hydrogens is 417 g/mol. The average molecular weight is 436 g/mol. The molecule has 1 heterocycles. The van der Waals surface area contributed by atoms with Crippen molar-refractivity contribution < 1.29 is 32.2 Å². The summed E-state index contributed by atoms with van der Waals surface area (Å²) in [7, 11) is 0. The molecule has 0 radical (unpaired) electrons. The summed E-state index contributed by atoms with van der Waals surface area (Å²) in [6.07, 6.45) is -4.38. The molecule has 0 bridgehead atoms. The van der Waals surface area contributed by atoms with Crippen molar-refractivity contribution in [3.8, 4) is 17.1 Å². The van der Waals surface area contributed by atoms with Crippen LogP contribution in [0, 0.1) is 6.92 Å². The highest BCUT2D eigenvalue weighted by atomic mass is 32.2. The van der Waals surface area contributed by atoms with Gasteiger partial charge in [-0.05, 0) is 42.8 Å². The molecule has 8 heteroatoms. The number of carboxylic acids is 1. The Morgan fingerprint density at radius 1 is 1.13 bits per heavy atom. The topological polar surface area (TPSA) is 59.7 Å². The van der Waals surface area contributed by atoms with Crippen LogP contribution >= 0.6 is 11.8 Å². The van der Waals surface area contributed by atoms with Gasteiger partial charge >= 0.3 is 12.1 Å². The molecule has 0 atom stereocenters. The maximum Gasteiger partial charge on any atom is 0.416 e. The van der Waals surface area contributed by atoms with Crippen LogP contribution in [0.5, 0.6) is 5.75 Å². The van der Waals surface area contributed by atoms with Gasteiger partial charge < -0.3 is 14.3 Å². The molecule has 2 aromatic carbocycles. The molecule has 0 unspecified atom stereocenters. The number of carboxylic acid groups (broad SMARTS) is 1. The largest absolute Gasteiger partial charge is 0.489 e. The number of alkyl halides is 3. The van der Waals surface area contributed by atoms with E-state index in [9.17, 15) is 18.0 Å². The molecular formula is C22H19F3O4S. The van der Waals surface area contributed by atoms with Crippen LogP contribution in [0.1, 0.15) is 22.5 Å². The Balaban J connectivity index is 1.65. The summed E-state index contributed by atoms with van der Waals surface area (Å²) in [4.78, 5) is 10.6. The van der Waals surface area contributed by atoms with Gasteiger partial charge in [0.1, 0.15) is 23.9 Å². The van der Waals surface area contributed by atoms with Crippen LogP contribution < -0.4 is 4.74 Å². The number of aryl methyl sites for hydroxylation is 1. The molecule has 1 N–H and O–H groups in total. The molecule has 3 rings (SSSR count). The summed E-state index contributed by atoms with van der Waals surface area (Å²) in [6.45, 7) is 2.01. The fourth-order valence-corrected chi connectivity index (χ4v) is 3.46. The van der Waals surface area contributed by atoms with Crippen LogP contribution in [0.25, 0.3) is 11.3 Å². The van der Waals surface area contributed by atoms with Crippen LogP contribution in [0.15, 0.2) is 59.0 Å². The Morgan fingerprint density at radius 3 is 2.53 bits per heavy atom. The van der Waals surface area contributed by atoms with Crippen molar-refractivity contribution in [2.24, 2.45) is 0 Å². The third kappa shape index (κ3) is 5.82. The SMILES string of the molecule is Cc1oc(-c2ccc(C(F)(F)F)cc2)cc1COc1cccc(CSCC(=O)O)c1. The standard InChI is InChI=1S/C22H19F3O4S/c1-14-17(10-20(29-14)16-5-7-18(8-6-16)22(23,24)25)11-28-19-4-2-3-15(9-19)12-30-13-21(26)27/h2-10H,11-13H2,1H3,(H,26,27). The van der Waals surface area contributed by atoms with Crippen LogP contribution in [0.4, 0.5) is 13.2 Å². The zero-order chi connectivity index (χ0) is 21.7. The lowest BCUT2D eigenvalue weighted by Gasteiger charge is -2.07. The van der Waals surface area contributed by atoms with Gasteiger partial charge in [0.15, 0.2) is 0 Å². The zero-order valence-corrected chi connectivity index (χ0v) is 16.8. The molecule has 4 nitrogen and oxygen atoms in total. The maximum absolute atomic E-state index is 12.7. The summed E-state index contributed by atoms with van der Waals surface area (Å²) >= 11 is 1.30. The molecule has 1 aromatic heterocycles. The Bertz CT molecular complexity index is 1010. The first-order valence-corrected chi connectivity index (χ1v) is 10.2. The predicted octanol–water partition coefficient (Wildman–Crippen LogP) is 6.17. The van der Waals surface area contributed by atoms with E-state index < -0.39 is 17.7 Å². The molecule has 0 aliphatic rings.